The zero-order valence-corrected chi connectivity index (χ0v) is 11.2. The number of aryl methyl sites for hydroxylation is 1. The summed E-state index contributed by atoms with van der Waals surface area (Å²) in [7, 11) is 1.00. The predicted molar refractivity (Wildman–Crippen MR) is 72.4 cm³/mol. The molecule has 0 heterocycles. The fourth-order valence-corrected chi connectivity index (χ4v) is 1.41. The second-order valence-corrected chi connectivity index (χ2v) is 3.82. The highest BCUT2D eigenvalue weighted by atomic mass is 16.5. The lowest BCUT2D eigenvalue weighted by Crippen LogP contribution is -1.99. The van der Waals surface area contributed by atoms with E-state index in [0.29, 0.717) is 13.0 Å². The lowest BCUT2D eigenvalue weighted by atomic mass is 10.1. The molecule has 1 rings (SSSR count). The zero-order valence-electron chi connectivity index (χ0n) is 11.2. The van der Waals surface area contributed by atoms with Crippen molar-refractivity contribution in [3.05, 3.63) is 29.8 Å². The van der Waals surface area contributed by atoms with E-state index in [2.05, 4.69) is 0 Å². The maximum atomic E-state index is 10.4. The van der Waals surface area contributed by atoms with Gasteiger partial charge in [0.05, 0.1) is 6.61 Å². The number of carboxylic acids is 1. The van der Waals surface area contributed by atoms with Crippen LogP contribution in [0.2, 0.25) is 0 Å². The van der Waals surface area contributed by atoms with E-state index in [-0.39, 0.29) is 13.0 Å². The summed E-state index contributed by atoms with van der Waals surface area (Å²) in [4.78, 5) is 10.4. The maximum absolute atomic E-state index is 10.4. The standard InChI is InChI=1S/C13H18O4.CH4O/c14-9-1-2-10-17-12-6-3-11(4-7-12)5-8-13(15)16;1-2/h3-4,6-7,14H,1-2,5,8-10H2,(H,15,16);2H,1H3. The fourth-order valence-electron chi connectivity index (χ4n) is 1.41. The average Bonchev–Trinajstić information content (AvgIpc) is 2.45. The number of benzene rings is 1. The fraction of sp³-hybridized carbons (Fsp3) is 0.500. The molecular formula is C14H22O5. The van der Waals surface area contributed by atoms with E-state index in [1.807, 2.05) is 24.3 Å². The summed E-state index contributed by atoms with van der Waals surface area (Å²) < 4.78 is 5.46. The van der Waals surface area contributed by atoms with Crippen LogP contribution in [0.3, 0.4) is 0 Å². The highest BCUT2D eigenvalue weighted by Crippen LogP contribution is 2.13. The Balaban J connectivity index is 0.00000154. The van der Waals surface area contributed by atoms with E-state index in [9.17, 15) is 4.79 Å². The van der Waals surface area contributed by atoms with Crippen LogP contribution in [-0.2, 0) is 11.2 Å². The van der Waals surface area contributed by atoms with Crippen molar-refractivity contribution in [2.24, 2.45) is 0 Å². The molecule has 19 heavy (non-hydrogen) atoms. The van der Waals surface area contributed by atoms with E-state index in [0.717, 1.165) is 31.3 Å². The van der Waals surface area contributed by atoms with E-state index >= 15 is 0 Å². The molecule has 1 aromatic rings. The first kappa shape index (κ1) is 17.4. The minimum absolute atomic E-state index is 0.150. The topological polar surface area (TPSA) is 87.0 Å². The molecule has 5 heteroatoms. The molecule has 0 unspecified atom stereocenters. The van der Waals surface area contributed by atoms with E-state index in [1.54, 1.807) is 0 Å². The molecule has 0 aliphatic heterocycles. The van der Waals surface area contributed by atoms with E-state index in [4.69, 9.17) is 20.1 Å². The average molecular weight is 270 g/mol. The molecule has 0 aliphatic carbocycles. The number of aliphatic hydroxyl groups is 2. The molecule has 5 nitrogen and oxygen atoms in total. The van der Waals surface area contributed by atoms with Crippen LogP contribution < -0.4 is 4.74 Å². The Kier molecular flexibility index (Phi) is 10.5. The molecule has 0 aromatic heterocycles. The molecule has 0 amide bonds. The highest BCUT2D eigenvalue weighted by Gasteiger charge is 1.99. The Hall–Kier alpha value is -1.59. The van der Waals surface area contributed by atoms with Crippen molar-refractivity contribution in [1.29, 1.82) is 0 Å². The molecule has 108 valence electrons. The first-order valence-corrected chi connectivity index (χ1v) is 6.21. The predicted octanol–water partition coefficient (Wildman–Crippen LogP) is 1.46. The molecular weight excluding hydrogens is 248 g/mol. The number of aliphatic hydroxyl groups excluding tert-OH is 2. The summed E-state index contributed by atoms with van der Waals surface area (Å²) in [6.45, 7) is 0.784. The smallest absolute Gasteiger partial charge is 0.303 e. The monoisotopic (exact) mass is 270 g/mol. The van der Waals surface area contributed by atoms with Crippen molar-refractivity contribution in [3.63, 3.8) is 0 Å². The third-order valence-corrected chi connectivity index (χ3v) is 2.37. The molecule has 0 bridgehead atoms. The van der Waals surface area contributed by atoms with Crippen LogP contribution in [0.4, 0.5) is 0 Å². The minimum Gasteiger partial charge on any atom is -0.494 e. The molecule has 0 atom stereocenters. The second-order valence-electron chi connectivity index (χ2n) is 3.82. The van der Waals surface area contributed by atoms with Crippen molar-refractivity contribution in [2.75, 3.05) is 20.3 Å². The number of ether oxygens (including phenoxy) is 1. The van der Waals surface area contributed by atoms with Gasteiger partial charge < -0.3 is 20.1 Å². The van der Waals surface area contributed by atoms with Crippen molar-refractivity contribution in [1.82, 2.24) is 0 Å². The van der Waals surface area contributed by atoms with E-state index < -0.39 is 5.97 Å². The number of carboxylic acid groups (broad SMARTS) is 1. The number of hydrogen-bond donors (Lipinski definition) is 3. The quantitative estimate of drug-likeness (QED) is 0.623. The lowest BCUT2D eigenvalue weighted by Gasteiger charge is -2.06. The van der Waals surface area contributed by atoms with Crippen LogP contribution in [0.1, 0.15) is 24.8 Å². The molecule has 3 N–H and O–H groups in total. The summed E-state index contributed by atoms with van der Waals surface area (Å²) in [6, 6.07) is 7.45. The summed E-state index contributed by atoms with van der Waals surface area (Å²) in [6.07, 6.45) is 2.27. The van der Waals surface area contributed by atoms with Crippen LogP contribution in [0.15, 0.2) is 24.3 Å². The Labute approximate surface area is 113 Å². The van der Waals surface area contributed by atoms with Gasteiger partial charge in [0.15, 0.2) is 0 Å². The van der Waals surface area contributed by atoms with Gasteiger partial charge >= 0.3 is 5.97 Å². The molecule has 0 spiro atoms. The number of hydrogen-bond acceptors (Lipinski definition) is 4. The summed E-state index contributed by atoms with van der Waals surface area (Å²) in [5.74, 6) is -0.00338. The summed E-state index contributed by atoms with van der Waals surface area (Å²) in [5.41, 5.74) is 0.995. The Morgan fingerprint density at radius 1 is 1.16 bits per heavy atom. The first-order valence-electron chi connectivity index (χ1n) is 6.21. The molecule has 0 aliphatic rings. The summed E-state index contributed by atoms with van der Waals surface area (Å²) in [5, 5.41) is 24.2. The van der Waals surface area contributed by atoms with Gasteiger partial charge in [-0.25, -0.2) is 0 Å². The van der Waals surface area contributed by atoms with Gasteiger partial charge in [0.1, 0.15) is 5.75 Å². The normalized spacial score (nSPS) is 9.42. The molecule has 0 fully saturated rings. The van der Waals surface area contributed by atoms with Gasteiger partial charge in [-0.05, 0) is 37.0 Å². The van der Waals surface area contributed by atoms with Gasteiger partial charge in [-0.3, -0.25) is 4.79 Å². The number of carbonyl (C=O) groups is 1. The van der Waals surface area contributed by atoms with Crippen molar-refractivity contribution in [2.45, 2.75) is 25.7 Å². The van der Waals surface area contributed by atoms with Crippen molar-refractivity contribution < 1.29 is 24.9 Å². The largest absolute Gasteiger partial charge is 0.494 e. The SMILES string of the molecule is CO.O=C(O)CCc1ccc(OCCCCO)cc1. The van der Waals surface area contributed by atoms with Gasteiger partial charge in [0.2, 0.25) is 0 Å². The maximum Gasteiger partial charge on any atom is 0.303 e. The van der Waals surface area contributed by atoms with Crippen LogP contribution in [0, 0.1) is 0 Å². The molecule has 1 aromatic carbocycles. The van der Waals surface area contributed by atoms with Gasteiger partial charge in [-0.1, -0.05) is 12.1 Å². The van der Waals surface area contributed by atoms with Crippen LogP contribution >= 0.6 is 0 Å². The summed E-state index contributed by atoms with van der Waals surface area (Å²) >= 11 is 0. The van der Waals surface area contributed by atoms with Crippen LogP contribution in [0.25, 0.3) is 0 Å². The van der Waals surface area contributed by atoms with Gasteiger partial charge in [-0.15, -0.1) is 0 Å². The van der Waals surface area contributed by atoms with Gasteiger partial charge in [0.25, 0.3) is 0 Å². The minimum atomic E-state index is -0.783. The van der Waals surface area contributed by atoms with Crippen molar-refractivity contribution in [3.8, 4) is 5.75 Å². The van der Waals surface area contributed by atoms with Gasteiger partial charge in [-0.2, -0.15) is 0 Å². The lowest BCUT2D eigenvalue weighted by molar-refractivity contribution is -0.136. The number of rotatable bonds is 8. The zero-order chi connectivity index (χ0) is 14.5. The molecule has 0 saturated heterocycles. The Bertz CT molecular complexity index is 334. The highest BCUT2D eigenvalue weighted by molar-refractivity contribution is 5.67. The molecule has 0 radical (unpaired) electrons. The van der Waals surface area contributed by atoms with Crippen LogP contribution in [0.5, 0.6) is 5.75 Å². The second kappa shape index (κ2) is 11.5. The number of unbranched alkanes of at least 4 members (excludes halogenated alkanes) is 1. The van der Waals surface area contributed by atoms with E-state index in [1.165, 1.54) is 0 Å². The number of aliphatic carboxylic acids is 1. The Morgan fingerprint density at radius 3 is 2.32 bits per heavy atom. The third-order valence-electron chi connectivity index (χ3n) is 2.37. The third kappa shape index (κ3) is 9.04. The first-order chi connectivity index (χ1) is 9.22. The van der Waals surface area contributed by atoms with Gasteiger partial charge in [0, 0.05) is 20.1 Å². The van der Waals surface area contributed by atoms with Crippen molar-refractivity contribution >= 4 is 5.97 Å². The molecule has 0 saturated carbocycles. The Morgan fingerprint density at radius 2 is 1.79 bits per heavy atom. The van der Waals surface area contributed by atoms with Crippen LogP contribution in [-0.4, -0.2) is 41.6 Å².